The van der Waals surface area contributed by atoms with E-state index < -0.39 is 0 Å². The predicted molar refractivity (Wildman–Crippen MR) is 84.3 cm³/mol. The van der Waals surface area contributed by atoms with Gasteiger partial charge in [-0.25, -0.2) is 4.39 Å². The van der Waals surface area contributed by atoms with Crippen LogP contribution in [0.4, 0.5) is 4.39 Å². The summed E-state index contributed by atoms with van der Waals surface area (Å²) in [7, 11) is 0. The molecule has 0 atom stereocenters. The van der Waals surface area contributed by atoms with Gasteiger partial charge in [-0.1, -0.05) is 0 Å². The zero-order chi connectivity index (χ0) is 16.1. The van der Waals surface area contributed by atoms with E-state index in [4.69, 9.17) is 14.7 Å². The van der Waals surface area contributed by atoms with Crippen LogP contribution in [0.25, 0.3) is 0 Å². The van der Waals surface area contributed by atoms with Crippen LogP contribution < -0.4 is 0 Å². The lowest BCUT2D eigenvalue weighted by Crippen LogP contribution is -2.39. The number of nitrogens with zero attached hydrogens (tertiary/aromatic N) is 2. The molecule has 2 heterocycles. The van der Waals surface area contributed by atoms with E-state index >= 15 is 0 Å². The number of likely N-dealkylation sites (tertiary alicyclic amines) is 1. The van der Waals surface area contributed by atoms with Crippen LogP contribution in [-0.2, 0) is 16.0 Å². The van der Waals surface area contributed by atoms with E-state index in [0.717, 1.165) is 52.0 Å². The van der Waals surface area contributed by atoms with E-state index in [9.17, 15) is 4.39 Å². The average molecular weight is 318 g/mol. The molecule has 3 rings (SSSR count). The zero-order valence-electron chi connectivity index (χ0n) is 13.3. The van der Waals surface area contributed by atoms with Crippen molar-refractivity contribution < 1.29 is 13.9 Å². The van der Waals surface area contributed by atoms with Crippen molar-refractivity contribution in [3.8, 4) is 6.07 Å². The van der Waals surface area contributed by atoms with Gasteiger partial charge in [-0.3, -0.25) is 4.90 Å². The lowest BCUT2D eigenvalue weighted by molar-refractivity contribution is -0.0852. The van der Waals surface area contributed by atoms with Crippen LogP contribution in [0.15, 0.2) is 18.2 Å². The van der Waals surface area contributed by atoms with Gasteiger partial charge >= 0.3 is 0 Å². The molecule has 0 amide bonds. The fourth-order valence-corrected chi connectivity index (χ4v) is 3.29. The van der Waals surface area contributed by atoms with Gasteiger partial charge in [0.15, 0.2) is 0 Å². The molecular weight excluding hydrogens is 295 g/mol. The van der Waals surface area contributed by atoms with Crippen molar-refractivity contribution in [2.24, 2.45) is 0 Å². The largest absolute Gasteiger partial charge is 0.381 e. The van der Waals surface area contributed by atoms with E-state index in [-0.39, 0.29) is 5.82 Å². The van der Waals surface area contributed by atoms with Gasteiger partial charge in [-0.15, -0.1) is 0 Å². The molecule has 1 aromatic carbocycles. The third-order valence-electron chi connectivity index (χ3n) is 4.66. The van der Waals surface area contributed by atoms with Gasteiger partial charge in [-0.05, 0) is 43.9 Å². The van der Waals surface area contributed by atoms with Crippen LogP contribution in [0, 0.1) is 17.1 Å². The molecule has 0 unspecified atom stereocenters. The first-order valence-corrected chi connectivity index (χ1v) is 8.38. The smallest absolute Gasteiger partial charge is 0.127 e. The Kier molecular flexibility index (Phi) is 5.60. The van der Waals surface area contributed by atoms with Crippen molar-refractivity contribution in [3.05, 3.63) is 35.1 Å². The lowest BCUT2D eigenvalue weighted by atomic mass is 10.0. The van der Waals surface area contributed by atoms with Gasteiger partial charge < -0.3 is 9.47 Å². The average Bonchev–Trinajstić information content (AvgIpc) is 2.59. The summed E-state index contributed by atoms with van der Waals surface area (Å²) in [4.78, 5) is 2.24. The highest BCUT2D eigenvalue weighted by atomic mass is 19.1. The zero-order valence-corrected chi connectivity index (χ0v) is 13.3. The molecule has 0 aromatic heterocycles. The van der Waals surface area contributed by atoms with Crippen molar-refractivity contribution >= 4 is 0 Å². The highest BCUT2D eigenvalue weighted by Gasteiger charge is 2.24. The van der Waals surface area contributed by atoms with Gasteiger partial charge in [0.2, 0.25) is 0 Å². The Morgan fingerprint density at radius 3 is 2.57 bits per heavy atom. The van der Waals surface area contributed by atoms with Crippen molar-refractivity contribution in [1.29, 1.82) is 5.26 Å². The minimum atomic E-state index is -0.232. The van der Waals surface area contributed by atoms with Crippen molar-refractivity contribution in [2.75, 3.05) is 26.3 Å². The third-order valence-corrected chi connectivity index (χ3v) is 4.66. The highest BCUT2D eigenvalue weighted by molar-refractivity contribution is 5.33. The van der Waals surface area contributed by atoms with Gasteiger partial charge in [0.1, 0.15) is 5.82 Å². The van der Waals surface area contributed by atoms with Crippen LogP contribution in [0.1, 0.15) is 36.8 Å². The molecule has 1 aromatic rings. The van der Waals surface area contributed by atoms with E-state index in [0.29, 0.717) is 29.9 Å². The molecule has 0 saturated carbocycles. The molecule has 0 radical (unpaired) electrons. The molecule has 0 spiro atoms. The fraction of sp³-hybridized carbons (Fsp3) is 0.611. The van der Waals surface area contributed by atoms with Crippen molar-refractivity contribution in [1.82, 2.24) is 4.90 Å². The molecule has 0 aliphatic carbocycles. The quantitative estimate of drug-likeness (QED) is 0.856. The van der Waals surface area contributed by atoms with Crippen LogP contribution >= 0.6 is 0 Å². The Morgan fingerprint density at radius 1 is 1.17 bits per heavy atom. The Hall–Kier alpha value is -1.48. The minimum Gasteiger partial charge on any atom is -0.381 e. The number of benzene rings is 1. The second-order valence-corrected chi connectivity index (χ2v) is 6.34. The first kappa shape index (κ1) is 16.4. The molecule has 2 fully saturated rings. The number of hydrogen-bond donors (Lipinski definition) is 0. The maximum Gasteiger partial charge on any atom is 0.127 e. The predicted octanol–water partition coefficient (Wildman–Crippen LogP) is 2.86. The molecule has 23 heavy (non-hydrogen) atoms. The standard InChI is InChI=1S/C18H23FN2O2/c19-18-2-1-14(12-20)11-15(18)13-21-7-3-16(4-8-21)23-17-5-9-22-10-6-17/h1-2,11,16-17H,3-10,13H2. The van der Waals surface area contributed by atoms with E-state index in [1.54, 1.807) is 6.07 Å². The topological polar surface area (TPSA) is 45.5 Å². The van der Waals surface area contributed by atoms with Crippen LogP contribution in [0.2, 0.25) is 0 Å². The number of piperidine rings is 1. The normalized spacial score (nSPS) is 21.2. The third kappa shape index (κ3) is 4.51. The van der Waals surface area contributed by atoms with Crippen LogP contribution in [0.5, 0.6) is 0 Å². The summed E-state index contributed by atoms with van der Waals surface area (Å²) in [6.45, 7) is 3.98. The molecular formula is C18H23FN2O2. The number of rotatable bonds is 4. The molecule has 2 aliphatic heterocycles. The Morgan fingerprint density at radius 2 is 1.87 bits per heavy atom. The first-order valence-electron chi connectivity index (χ1n) is 8.38. The maximum absolute atomic E-state index is 13.9. The number of hydrogen-bond acceptors (Lipinski definition) is 4. The summed E-state index contributed by atoms with van der Waals surface area (Å²) >= 11 is 0. The highest BCUT2D eigenvalue weighted by Crippen LogP contribution is 2.22. The monoisotopic (exact) mass is 318 g/mol. The summed E-state index contributed by atoms with van der Waals surface area (Å²) in [6.07, 6.45) is 4.60. The Bertz CT molecular complexity index is 559. The van der Waals surface area contributed by atoms with Crippen LogP contribution in [-0.4, -0.2) is 43.4 Å². The second-order valence-electron chi connectivity index (χ2n) is 6.34. The summed E-state index contributed by atoms with van der Waals surface area (Å²) in [5, 5.41) is 8.94. The molecule has 0 N–H and O–H groups in total. The SMILES string of the molecule is N#Cc1ccc(F)c(CN2CCC(OC3CCOCC3)CC2)c1. The summed E-state index contributed by atoms with van der Waals surface area (Å²) < 4.78 is 25.4. The fourth-order valence-electron chi connectivity index (χ4n) is 3.29. The molecule has 124 valence electrons. The van der Waals surface area contributed by atoms with E-state index in [2.05, 4.69) is 11.0 Å². The summed E-state index contributed by atoms with van der Waals surface area (Å²) in [5.74, 6) is -0.232. The van der Waals surface area contributed by atoms with E-state index in [1.165, 1.54) is 12.1 Å². The lowest BCUT2D eigenvalue weighted by Gasteiger charge is -2.35. The molecule has 0 bridgehead atoms. The Balaban J connectivity index is 1.48. The molecule has 4 nitrogen and oxygen atoms in total. The molecule has 5 heteroatoms. The Labute approximate surface area is 136 Å². The first-order chi connectivity index (χ1) is 11.2. The number of halogens is 1. The van der Waals surface area contributed by atoms with Gasteiger partial charge in [0.25, 0.3) is 0 Å². The molecule has 2 aliphatic rings. The van der Waals surface area contributed by atoms with Gasteiger partial charge in [-0.2, -0.15) is 5.26 Å². The molecule has 2 saturated heterocycles. The van der Waals surface area contributed by atoms with Crippen molar-refractivity contribution in [3.63, 3.8) is 0 Å². The minimum absolute atomic E-state index is 0.232. The van der Waals surface area contributed by atoms with Gasteiger partial charge in [0.05, 0.1) is 23.8 Å². The van der Waals surface area contributed by atoms with Crippen LogP contribution in [0.3, 0.4) is 0 Å². The van der Waals surface area contributed by atoms with E-state index in [1.807, 2.05) is 0 Å². The second kappa shape index (κ2) is 7.87. The maximum atomic E-state index is 13.9. The summed E-state index contributed by atoms with van der Waals surface area (Å²) in [6, 6.07) is 6.63. The van der Waals surface area contributed by atoms with Crippen molar-refractivity contribution in [2.45, 2.75) is 44.4 Å². The summed E-state index contributed by atoms with van der Waals surface area (Å²) in [5.41, 5.74) is 1.12. The number of ether oxygens (including phenoxy) is 2. The number of nitriles is 1. The van der Waals surface area contributed by atoms with Gasteiger partial charge in [0, 0.05) is 38.4 Å².